The molecule has 2 atom stereocenters. The molecule has 25 heavy (non-hydrogen) atoms. The SMILES string of the molecule is COC(=O)c1cn(C2CCCCC2OC(=O)c2cnn(C)c2C)nn1. The molecule has 2 unspecified atom stereocenters. The summed E-state index contributed by atoms with van der Waals surface area (Å²) in [5.74, 6) is -0.933. The molecular weight excluding hydrogens is 326 g/mol. The molecule has 0 radical (unpaired) electrons. The van der Waals surface area contributed by atoms with E-state index in [9.17, 15) is 9.59 Å². The summed E-state index contributed by atoms with van der Waals surface area (Å²) in [6.45, 7) is 1.82. The summed E-state index contributed by atoms with van der Waals surface area (Å²) >= 11 is 0. The summed E-state index contributed by atoms with van der Waals surface area (Å²) < 4.78 is 13.6. The lowest BCUT2D eigenvalue weighted by Crippen LogP contribution is -2.32. The Morgan fingerprint density at radius 2 is 2.00 bits per heavy atom. The third-order valence-corrected chi connectivity index (χ3v) is 4.63. The third-order valence-electron chi connectivity index (χ3n) is 4.63. The summed E-state index contributed by atoms with van der Waals surface area (Å²) in [6, 6.07) is -0.152. The van der Waals surface area contributed by atoms with Gasteiger partial charge in [-0.15, -0.1) is 5.10 Å². The van der Waals surface area contributed by atoms with Gasteiger partial charge in [0.05, 0.1) is 25.5 Å². The lowest BCUT2D eigenvalue weighted by atomic mass is 9.92. The Kier molecular flexibility index (Phi) is 4.82. The molecule has 9 nitrogen and oxygen atoms in total. The molecule has 2 aromatic heterocycles. The van der Waals surface area contributed by atoms with Crippen molar-refractivity contribution in [2.45, 2.75) is 44.8 Å². The van der Waals surface area contributed by atoms with Crippen LogP contribution in [0.2, 0.25) is 0 Å². The van der Waals surface area contributed by atoms with E-state index in [1.54, 1.807) is 16.4 Å². The van der Waals surface area contributed by atoms with Crippen LogP contribution in [0.15, 0.2) is 12.4 Å². The van der Waals surface area contributed by atoms with E-state index < -0.39 is 11.9 Å². The standard InChI is InChI=1S/C16H21N5O4/c1-10-11(8-17-20(10)2)15(22)25-14-7-5-4-6-13(14)21-9-12(18-19-21)16(23)24-3/h8-9,13-14H,4-7H2,1-3H3. The Morgan fingerprint density at radius 3 is 2.68 bits per heavy atom. The Labute approximate surface area is 144 Å². The van der Waals surface area contributed by atoms with E-state index >= 15 is 0 Å². The first-order valence-electron chi connectivity index (χ1n) is 8.21. The van der Waals surface area contributed by atoms with Crippen LogP contribution >= 0.6 is 0 Å². The van der Waals surface area contributed by atoms with Gasteiger partial charge in [-0.2, -0.15) is 5.10 Å². The second kappa shape index (κ2) is 7.04. The van der Waals surface area contributed by atoms with Gasteiger partial charge in [-0.1, -0.05) is 11.6 Å². The van der Waals surface area contributed by atoms with E-state index in [1.165, 1.54) is 19.5 Å². The van der Waals surface area contributed by atoms with E-state index in [2.05, 4.69) is 20.1 Å². The van der Waals surface area contributed by atoms with E-state index in [0.29, 0.717) is 5.56 Å². The maximum Gasteiger partial charge on any atom is 0.360 e. The molecule has 0 bridgehead atoms. The average molecular weight is 347 g/mol. The van der Waals surface area contributed by atoms with E-state index in [0.717, 1.165) is 31.4 Å². The van der Waals surface area contributed by atoms with E-state index in [1.807, 2.05) is 6.92 Å². The number of aromatic nitrogens is 5. The van der Waals surface area contributed by atoms with Crippen molar-refractivity contribution in [3.05, 3.63) is 29.3 Å². The highest BCUT2D eigenvalue weighted by atomic mass is 16.5. The maximum atomic E-state index is 12.5. The first-order chi connectivity index (χ1) is 12.0. The topological polar surface area (TPSA) is 101 Å². The molecule has 0 aliphatic heterocycles. The number of methoxy groups -OCH3 is 1. The summed E-state index contributed by atoms with van der Waals surface area (Å²) in [7, 11) is 3.07. The molecule has 1 saturated carbocycles. The predicted molar refractivity (Wildman–Crippen MR) is 86.0 cm³/mol. The lowest BCUT2D eigenvalue weighted by molar-refractivity contribution is 0.00165. The number of aryl methyl sites for hydroxylation is 1. The van der Waals surface area contributed by atoms with Crippen molar-refractivity contribution in [2.75, 3.05) is 7.11 Å². The fourth-order valence-corrected chi connectivity index (χ4v) is 3.05. The number of ether oxygens (including phenoxy) is 2. The largest absolute Gasteiger partial charge is 0.464 e. The lowest BCUT2D eigenvalue weighted by Gasteiger charge is -2.30. The van der Waals surface area contributed by atoms with E-state index in [4.69, 9.17) is 4.74 Å². The fourth-order valence-electron chi connectivity index (χ4n) is 3.05. The van der Waals surface area contributed by atoms with Crippen molar-refractivity contribution in [1.82, 2.24) is 24.8 Å². The highest BCUT2D eigenvalue weighted by molar-refractivity contribution is 5.90. The Bertz CT molecular complexity index is 781. The number of carbonyl (C=O) groups excluding carboxylic acids is 2. The molecule has 0 aromatic carbocycles. The summed E-state index contributed by atoms with van der Waals surface area (Å²) in [6.07, 6.45) is 6.24. The van der Waals surface area contributed by atoms with Crippen molar-refractivity contribution in [3.63, 3.8) is 0 Å². The highest BCUT2D eigenvalue weighted by Gasteiger charge is 2.32. The molecule has 134 valence electrons. The van der Waals surface area contributed by atoms with Crippen molar-refractivity contribution in [2.24, 2.45) is 7.05 Å². The molecule has 1 fully saturated rings. The summed E-state index contributed by atoms with van der Waals surface area (Å²) in [4.78, 5) is 24.0. The number of hydrogen-bond donors (Lipinski definition) is 0. The van der Waals surface area contributed by atoms with Crippen LogP contribution in [0, 0.1) is 6.92 Å². The molecule has 3 rings (SSSR count). The van der Waals surface area contributed by atoms with Crippen LogP contribution in [0.3, 0.4) is 0 Å². The molecule has 1 aliphatic rings. The zero-order valence-corrected chi connectivity index (χ0v) is 14.5. The van der Waals surface area contributed by atoms with Crippen LogP contribution < -0.4 is 0 Å². The number of carbonyl (C=O) groups is 2. The maximum absolute atomic E-state index is 12.5. The smallest absolute Gasteiger partial charge is 0.360 e. The quantitative estimate of drug-likeness (QED) is 0.771. The Balaban J connectivity index is 1.77. The van der Waals surface area contributed by atoms with E-state index in [-0.39, 0.29) is 17.8 Å². The first kappa shape index (κ1) is 17.1. The minimum Gasteiger partial charge on any atom is -0.464 e. The molecule has 1 aliphatic carbocycles. The van der Waals surface area contributed by atoms with Gasteiger partial charge in [0.2, 0.25) is 0 Å². The van der Waals surface area contributed by atoms with Crippen LogP contribution in [0.1, 0.15) is 58.3 Å². The van der Waals surface area contributed by atoms with Gasteiger partial charge in [0.1, 0.15) is 11.7 Å². The highest BCUT2D eigenvalue weighted by Crippen LogP contribution is 2.31. The van der Waals surface area contributed by atoms with Gasteiger partial charge in [0.15, 0.2) is 5.69 Å². The minimum atomic E-state index is -0.540. The molecule has 0 N–H and O–H groups in total. The normalized spacial score (nSPS) is 20.3. The fraction of sp³-hybridized carbons (Fsp3) is 0.562. The molecular formula is C16H21N5O4. The van der Waals surface area contributed by atoms with Crippen LogP contribution in [0.25, 0.3) is 0 Å². The minimum absolute atomic E-state index is 0.140. The second-order valence-corrected chi connectivity index (χ2v) is 6.14. The Hall–Kier alpha value is -2.71. The van der Waals surface area contributed by atoms with Gasteiger partial charge in [-0.25, -0.2) is 14.3 Å². The molecule has 0 spiro atoms. The average Bonchev–Trinajstić information content (AvgIpc) is 3.23. The molecule has 2 heterocycles. The summed E-state index contributed by atoms with van der Waals surface area (Å²) in [5, 5.41) is 11.9. The van der Waals surface area contributed by atoms with Gasteiger partial charge in [0, 0.05) is 12.7 Å². The van der Waals surface area contributed by atoms with Gasteiger partial charge >= 0.3 is 11.9 Å². The van der Waals surface area contributed by atoms with Gasteiger partial charge in [-0.3, -0.25) is 4.68 Å². The number of esters is 2. The third kappa shape index (κ3) is 3.40. The van der Waals surface area contributed by atoms with Gasteiger partial charge in [-0.05, 0) is 26.2 Å². The molecule has 0 amide bonds. The first-order valence-corrected chi connectivity index (χ1v) is 8.21. The van der Waals surface area contributed by atoms with Crippen LogP contribution in [-0.2, 0) is 16.5 Å². The zero-order valence-electron chi connectivity index (χ0n) is 14.5. The second-order valence-electron chi connectivity index (χ2n) is 6.14. The number of rotatable bonds is 4. The van der Waals surface area contributed by atoms with Crippen LogP contribution in [-0.4, -0.2) is 49.9 Å². The number of nitrogens with zero attached hydrogens (tertiary/aromatic N) is 5. The van der Waals surface area contributed by atoms with Crippen LogP contribution in [0.4, 0.5) is 0 Å². The number of hydrogen-bond acceptors (Lipinski definition) is 7. The van der Waals surface area contributed by atoms with Crippen molar-refractivity contribution in [3.8, 4) is 0 Å². The summed E-state index contributed by atoms with van der Waals surface area (Å²) in [5.41, 5.74) is 1.35. The molecule has 9 heteroatoms. The van der Waals surface area contributed by atoms with Gasteiger partial charge < -0.3 is 9.47 Å². The molecule has 2 aromatic rings. The Morgan fingerprint density at radius 1 is 1.24 bits per heavy atom. The van der Waals surface area contributed by atoms with Crippen molar-refractivity contribution in [1.29, 1.82) is 0 Å². The monoisotopic (exact) mass is 347 g/mol. The predicted octanol–water partition coefficient (Wildman–Crippen LogP) is 1.45. The van der Waals surface area contributed by atoms with Gasteiger partial charge in [0.25, 0.3) is 0 Å². The van der Waals surface area contributed by atoms with Crippen molar-refractivity contribution >= 4 is 11.9 Å². The zero-order chi connectivity index (χ0) is 18.0. The molecule has 0 saturated heterocycles. The van der Waals surface area contributed by atoms with Crippen LogP contribution in [0.5, 0.6) is 0 Å². The van der Waals surface area contributed by atoms with Crippen molar-refractivity contribution < 1.29 is 19.1 Å².